The number of thioether (sulfide) groups is 1. The number of urea groups is 1. The first-order chi connectivity index (χ1) is 8.66. The standard InChI is InChI=1S/C12H21N3O2S/c13-12(17)14-11(16)5-6-15-7-8-18-10-4-2-1-3-9(10)15/h9-10H,1-8H2,(H3,13,14,16,17)/t9-,10+/m0/s1. The minimum absolute atomic E-state index is 0.270. The van der Waals surface area contributed by atoms with Crippen LogP contribution in [0, 0.1) is 0 Å². The van der Waals surface area contributed by atoms with E-state index >= 15 is 0 Å². The summed E-state index contributed by atoms with van der Waals surface area (Å²) in [6.07, 6.45) is 5.54. The highest BCUT2D eigenvalue weighted by Crippen LogP contribution is 2.35. The minimum Gasteiger partial charge on any atom is -0.351 e. The number of nitrogens with one attached hydrogen (secondary N) is 1. The van der Waals surface area contributed by atoms with E-state index in [0.717, 1.165) is 24.1 Å². The maximum Gasteiger partial charge on any atom is 0.318 e. The van der Waals surface area contributed by atoms with Crippen molar-refractivity contribution in [2.24, 2.45) is 5.73 Å². The van der Waals surface area contributed by atoms with Gasteiger partial charge in [0, 0.05) is 36.6 Å². The van der Waals surface area contributed by atoms with Crippen molar-refractivity contribution in [2.75, 3.05) is 18.8 Å². The molecule has 0 bridgehead atoms. The molecule has 0 aromatic rings. The van der Waals surface area contributed by atoms with E-state index < -0.39 is 6.03 Å². The van der Waals surface area contributed by atoms with Gasteiger partial charge >= 0.3 is 6.03 Å². The average molecular weight is 271 g/mol. The van der Waals surface area contributed by atoms with Crippen LogP contribution in [0.15, 0.2) is 0 Å². The third-order valence-corrected chi connectivity index (χ3v) is 5.13. The number of primary amides is 1. The fourth-order valence-electron chi connectivity index (χ4n) is 2.90. The SMILES string of the molecule is NC(=O)NC(=O)CCN1CCS[C@@H]2CCCC[C@@H]21. The molecule has 0 aromatic carbocycles. The maximum atomic E-state index is 11.4. The molecule has 1 aliphatic heterocycles. The molecule has 1 saturated heterocycles. The maximum absolute atomic E-state index is 11.4. The quantitative estimate of drug-likeness (QED) is 0.801. The molecule has 18 heavy (non-hydrogen) atoms. The Morgan fingerprint density at radius 3 is 2.89 bits per heavy atom. The molecule has 102 valence electrons. The van der Waals surface area contributed by atoms with Crippen molar-refractivity contribution >= 4 is 23.7 Å². The predicted octanol–water partition coefficient (Wildman–Crippen LogP) is 0.931. The van der Waals surface area contributed by atoms with Gasteiger partial charge in [0.2, 0.25) is 5.91 Å². The molecule has 6 heteroatoms. The van der Waals surface area contributed by atoms with Crippen LogP contribution in [-0.4, -0.2) is 47.0 Å². The van der Waals surface area contributed by atoms with Gasteiger partial charge in [0.1, 0.15) is 0 Å². The second-order valence-electron chi connectivity index (χ2n) is 4.96. The summed E-state index contributed by atoms with van der Waals surface area (Å²) in [5.41, 5.74) is 4.92. The molecule has 2 aliphatic rings. The van der Waals surface area contributed by atoms with Crippen LogP contribution in [0.2, 0.25) is 0 Å². The Morgan fingerprint density at radius 2 is 2.11 bits per heavy atom. The van der Waals surface area contributed by atoms with Crippen LogP contribution in [0.5, 0.6) is 0 Å². The Kier molecular flexibility index (Phi) is 4.88. The van der Waals surface area contributed by atoms with Crippen molar-refractivity contribution in [3.05, 3.63) is 0 Å². The van der Waals surface area contributed by atoms with Gasteiger partial charge < -0.3 is 5.73 Å². The van der Waals surface area contributed by atoms with E-state index in [1.54, 1.807) is 0 Å². The van der Waals surface area contributed by atoms with E-state index in [4.69, 9.17) is 5.73 Å². The van der Waals surface area contributed by atoms with Crippen molar-refractivity contribution < 1.29 is 9.59 Å². The normalized spacial score (nSPS) is 28.4. The number of nitrogens with two attached hydrogens (primary N) is 1. The Morgan fingerprint density at radius 1 is 1.33 bits per heavy atom. The van der Waals surface area contributed by atoms with Gasteiger partial charge in [-0.05, 0) is 12.8 Å². The van der Waals surface area contributed by atoms with Crippen molar-refractivity contribution in [2.45, 2.75) is 43.4 Å². The van der Waals surface area contributed by atoms with Crippen LogP contribution in [0.1, 0.15) is 32.1 Å². The smallest absolute Gasteiger partial charge is 0.318 e. The highest BCUT2D eigenvalue weighted by atomic mass is 32.2. The molecule has 2 rings (SSSR count). The minimum atomic E-state index is -0.759. The summed E-state index contributed by atoms with van der Waals surface area (Å²) in [4.78, 5) is 24.4. The van der Waals surface area contributed by atoms with Crippen LogP contribution in [0.25, 0.3) is 0 Å². The van der Waals surface area contributed by atoms with Gasteiger partial charge in [-0.1, -0.05) is 12.8 Å². The number of rotatable bonds is 3. The topological polar surface area (TPSA) is 75.4 Å². The highest BCUT2D eigenvalue weighted by molar-refractivity contribution is 8.00. The molecular formula is C12H21N3O2S. The molecule has 5 nitrogen and oxygen atoms in total. The van der Waals surface area contributed by atoms with Gasteiger partial charge in [-0.25, -0.2) is 4.79 Å². The molecule has 2 atom stereocenters. The lowest BCUT2D eigenvalue weighted by atomic mass is 9.93. The first-order valence-corrected chi connectivity index (χ1v) is 7.66. The third kappa shape index (κ3) is 3.62. The van der Waals surface area contributed by atoms with Crippen molar-refractivity contribution in [1.29, 1.82) is 0 Å². The fourth-order valence-corrected chi connectivity index (χ4v) is 4.41. The average Bonchev–Trinajstić information content (AvgIpc) is 2.35. The summed E-state index contributed by atoms with van der Waals surface area (Å²) in [7, 11) is 0. The van der Waals surface area contributed by atoms with Crippen molar-refractivity contribution in [1.82, 2.24) is 10.2 Å². The Labute approximate surface area is 112 Å². The second-order valence-corrected chi connectivity index (χ2v) is 6.31. The van der Waals surface area contributed by atoms with E-state index in [2.05, 4.69) is 22.0 Å². The molecular weight excluding hydrogens is 250 g/mol. The van der Waals surface area contributed by atoms with Gasteiger partial charge in [-0.3, -0.25) is 15.0 Å². The number of carbonyl (C=O) groups excluding carboxylic acids is 2. The van der Waals surface area contributed by atoms with Gasteiger partial charge in [0.15, 0.2) is 0 Å². The second kappa shape index (κ2) is 6.43. The summed E-state index contributed by atoms with van der Waals surface area (Å²) in [5, 5.41) is 2.86. The zero-order chi connectivity index (χ0) is 13.0. The van der Waals surface area contributed by atoms with Crippen LogP contribution < -0.4 is 11.1 Å². The van der Waals surface area contributed by atoms with Crippen LogP contribution in [-0.2, 0) is 4.79 Å². The summed E-state index contributed by atoms with van der Waals surface area (Å²) in [6.45, 7) is 1.79. The fraction of sp³-hybridized carbons (Fsp3) is 0.833. The van der Waals surface area contributed by atoms with E-state index in [0.29, 0.717) is 12.5 Å². The van der Waals surface area contributed by atoms with Crippen molar-refractivity contribution in [3.63, 3.8) is 0 Å². The lowest BCUT2D eigenvalue weighted by molar-refractivity contribution is -0.120. The van der Waals surface area contributed by atoms with Crippen LogP contribution in [0.3, 0.4) is 0 Å². The van der Waals surface area contributed by atoms with Gasteiger partial charge in [0.25, 0.3) is 0 Å². The number of fused-ring (bicyclic) bond motifs is 1. The molecule has 0 radical (unpaired) electrons. The van der Waals surface area contributed by atoms with E-state index in [-0.39, 0.29) is 5.91 Å². The van der Waals surface area contributed by atoms with E-state index in [1.165, 1.54) is 25.7 Å². The Balaban J connectivity index is 1.80. The number of amides is 3. The summed E-state index contributed by atoms with van der Waals surface area (Å²) in [5.74, 6) is 0.881. The summed E-state index contributed by atoms with van der Waals surface area (Å²) >= 11 is 2.08. The lowest BCUT2D eigenvalue weighted by Gasteiger charge is -2.43. The molecule has 0 aromatic heterocycles. The molecule has 1 heterocycles. The molecule has 3 N–H and O–H groups in total. The van der Waals surface area contributed by atoms with Crippen LogP contribution in [0.4, 0.5) is 4.79 Å². The van der Waals surface area contributed by atoms with Crippen LogP contribution >= 0.6 is 11.8 Å². The lowest BCUT2D eigenvalue weighted by Crippen LogP contribution is -2.50. The van der Waals surface area contributed by atoms with Gasteiger partial charge in [-0.2, -0.15) is 11.8 Å². The first-order valence-electron chi connectivity index (χ1n) is 6.62. The number of hydrogen-bond donors (Lipinski definition) is 2. The summed E-state index contributed by atoms with van der Waals surface area (Å²) in [6, 6.07) is -0.136. The van der Waals surface area contributed by atoms with E-state index in [1.807, 2.05) is 0 Å². The van der Waals surface area contributed by atoms with Crippen molar-refractivity contribution in [3.8, 4) is 0 Å². The molecule has 2 fully saturated rings. The number of imide groups is 1. The molecule has 0 spiro atoms. The molecule has 1 saturated carbocycles. The zero-order valence-corrected chi connectivity index (χ0v) is 11.4. The Hall–Kier alpha value is -0.750. The molecule has 1 aliphatic carbocycles. The zero-order valence-electron chi connectivity index (χ0n) is 10.6. The van der Waals surface area contributed by atoms with E-state index in [9.17, 15) is 9.59 Å². The largest absolute Gasteiger partial charge is 0.351 e. The highest BCUT2D eigenvalue weighted by Gasteiger charge is 2.33. The summed E-state index contributed by atoms with van der Waals surface area (Å²) < 4.78 is 0. The van der Waals surface area contributed by atoms with Gasteiger partial charge in [0.05, 0.1) is 0 Å². The number of carbonyl (C=O) groups is 2. The predicted molar refractivity (Wildman–Crippen MR) is 72.4 cm³/mol. The molecule has 0 unspecified atom stereocenters. The first kappa shape index (κ1) is 13.7. The number of nitrogens with zero attached hydrogens (tertiary/aromatic N) is 1. The monoisotopic (exact) mass is 271 g/mol. The van der Waals surface area contributed by atoms with Gasteiger partial charge in [-0.15, -0.1) is 0 Å². The Bertz CT molecular complexity index is 322. The third-order valence-electron chi connectivity index (χ3n) is 3.74. The molecule has 3 amide bonds. The number of hydrogen-bond acceptors (Lipinski definition) is 4.